The molecule has 9 nitrogen and oxygen atoms in total. The minimum absolute atomic E-state index is 0.165. The first kappa shape index (κ1) is 26.3. The second-order valence-electron chi connectivity index (χ2n) is 9.18. The Bertz CT molecular complexity index is 1020. The Morgan fingerprint density at radius 1 is 1.20 bits per heavy atom. The molecule has 2 atom stereocenters. The summed E-state index contributed by atoms with van der Waals surface area (Å²) in [6.07, 6.45) is 2.39. The standard InChI is InChI=1S/C26H37N5O4/c1-5-30(6-2)22-11-7-9-18-14-21(26(34)31(24(18)22)16-19-10-8-12-35-19)29-25(33)20(13-17(3)4)28-23(32)15-27/h7-12,17,20-21H,5-6,13-16,27H2,1-4H3,(H,28,32)(H,29,33)/t20-,21?/m1/s1. The van der Waals surface area contributed by atoms with Crippen molar-refractivity contribution >= 4 is 29.1 Å². The van der Waals surface area contributed by atoms with Crippen molar-refractivity contribution in [3.8, 4) is 0 Å². The number of amides is 3. The number of nitrogens with two attached hydrogens (primary N) is 1. The van der Waals surface area contributed by atoms with Gasteiger partial charge in [0.2, 0.25) is 17.7 Å². The zero-order valence-corrected chi connectivity index (χ0v) is 21.0. The van der Waals surface area contributed by atoms with E-state index in [0.29, 0.717) is 18.6 Å². The number of carbonyl (C=O) groups is 3. The summed E-state index contributed by atoms with van der Waals surface area (Å²) >= 11 is 0. The molecular weight excluding hydrogens is 446 g/mol. The Morgan fingerprint density at radius 2 is 1.94 bits per heavy atom. The number of nitrogens with one attached hydrogen (secondary N) is 2. The molecule has 1 aromatic heterocycles. The normalized spacial score (nSPS) is 16.1. The summed E-state index contributed by atoms with van der Waals surface area (Å²) in [5.41, 5.74) is 8.23. The fraction of sp³-hybridized carbons (Fsp3) is 0.500. The third-order valence-corrected chi connectivity index (χ3v) is 6.22. The number of nitrogens with zero attached hydrogens (tertiary/aromatic N) is 2. The van der Waals surface area contributed by atoms with E-state index in [1.54, 1.807) is 17.2 Å². The fourth-order valence-corrected chi connectivity index (χ4v) is 4.54. The SMILES string of the molecule is CCN(CC)c1cccc2c1N(Cc1ccco1)C(=O)C(NC(=O)[C@@H](CC(C)C)NC(=O)CN)C2. The van der Waals surface area contributed by atoms with Crippen LogP contribution in [0.25, 0.3) is 0 Å². The lowest BCUT2D eigenvalue weighted by Crippen LogP contribution is -2.57. The van der Waals surface area contributed by atoms with Crippen LogP contribution < -0.4 is 26.2 Å². The van der Waals surface area contributed by atoms with Gasteiger partial charge in [-0.15, -0.1) is 0 Å². The highest BCUT2D eigenvalue weighted by atomic mass is 16.3. The molecule has 2 heterocycles. The Labute approximate surface area is 207 Å². The first-order valence-corrected chi connectivity index (χ1v) is 12.3. The third kappa shape index (κ3) is 6.22. The molecule has 4 N–H and O–H groups in total. The summed E-state index contributed by atoms with van der Waals surface area (Å²) in [7, 11) is 0. The van der Waals surface area contributed by atoms with E-state index in [0.717, 1.165) is 30.0 Å². The lowest BCUT2D eigenvalue weighted by molar-refractivity contribution is -0.131. The summed E-state index contributed by atoms with van der Waals surface area (Å²) in [5, 5.41) is 5.59. The topological polar surface area (TPSA) is 121 Å². The zero-order valence-electron chi connectivity index (χ0n) is 21.0. The second-order valence-corrected chi connectivity index (χ2v) is 9.18. The molecule has 0 fully saturated rings. The summed E-state index contributed by atoms with van der Waals surface area (Å²) < 4.78 is 5.55. The van der Waals surface area contributed by atoms with E-state index < -0.39 is 18.0 Å². The van der Waals surface area contributed by atoms with Crippen LogP contribution in [0.5, 0.6) is 0 Å². The number of furan rings is 1. The number of rotatable bonds is 11. The predicted molar refractivity (Wildman–Crippen MR) is 136 cm³/mol. The monoisotopic (exact) mass is 483 g/mol. The molecule has 3 amide bonds. The van der Waals surface area contributed by atoms with Crippen molar-refractivity contribution in [2.75, 3.05) is 29.4 Å². The van der Waals surface area contributed by atoms with Crippen molar-refractivity contribution in [2.45, 2.75) is 59.2 Å². The number of benzene rings is 1. The Balaban J connectivity index is 1.94. The number of anilines is 2. The van der Waals surface area contributed by atoms with Gasteiger partial charge in [-0.3, -0.25) is 14.4 Å². The van der Waals surface area contributed by atoms with Gasteiger partial charge < -0.3 is 30.6 Å². The molecule has 0 bridgehead atoms. The number of carbonyl (C=O) groups excluding carboxylic acids is 3. The van der Waals surface area contributed by atoms with Crippen molar-refractivity contribution in [1.29, 1.82) is 0 Å². The Hall–Kier alpha value is -3.33. The van der Waals surface area contributed by atoms with E-state index in [2.05, 4.69) is 29.4 Å². The van der Waals surface area contributed by atoms with Crippen LogP contribution in [-0.2, 0) is 27.3 Å². The molecular formula is C26H37N5O4. The van der Waals surface area contributed by atoms with Crippen LogP contribution >= 0.6 is 0 Å². The van der Waals surface area contributed by atoms with Crippen molar-refractivity contribution in [3.63, 3.8) is 0 Å². The molecule has 3 rings (SSSR count). The van der Waals surface area contributed by atoms with Gasteiger partial charge in [0, 0.05) is 19.5 Å². The van der Waals surface area contributed by atoms with Gasteiger partial charge in [-0.05, 0) is 49.9 Å². The molecule has 0 aliphatic carbocycles. The lowest BCUT2D eigenvalue weighted by atomic mass is 9.94. The smallest absolute Gasteiger partial charge is 0.250 e. The molecule has 9 heteroatoms. The van der Waals surface area contributed by atoms with Gasteiger partial charge >= 0.3 is 0 Å². The van der Waals surface area contributed by atoms with Crippen LogP contribution in [0, 0.1) is 5.92 Å². The maximum absolute atomic E-state index is 13.8. The minimum atomic E-state index is -0.763. The van der Waals surface area contributed by atoms with Gasteiger partial charge in [0.15, 0.2) is 0 Å². The maximum atomic E-state index is 13.8. The van der Waals surface area contributed by atoms with Crippen LogP contribution in [0.2, 0.25) is 0 Å². The van der Waals surface area contributed by atoms with Gasteiger partial charge in [-0.25, -0.2) is 0 Å². The average molecular weight is 484 g/mol. The highest BCUT2D eigenvalue weighted by molar-refractivity contribution is 6.05. The summed E-state index contributed by atoms with van der Waals surface area (Å²) in [4.78, 5) is 42.8. The van der Waals surface area contributed by atoms with E-state index in [1.807, 2.05) is 38.1 Å². The molecule has 0 spiro atoms. The number of hydrogen-bond acceptors (Lipinski definition) is 6. The van der Waals surface area contributed by atoms with Crippen molar-refractivity contribution < 1.29 is 18.8 Å². The fourth-order valence-electron chi connectivity index (χ4n) is 4.54. The summed E-state index contributed by atoms with van der Waals surface area (Å²) in [6.45, 7) is 9.75. The van der Waals surface area contributed by atoms with Crippen LogP contribution in [0.15, 0.2) is 41.0 Å². The van der Waals surface area contributed by atoms with Gasteiger partial charge in [0.05, 0.1) is 30.7 Å². The van der Waals surface area contributed by atoms with Crippen molar-refractivity contribution in [1.82, 2.24) is 10.6 Å². The Morgan fingerprint density at radius 3 is 2.54 bits per heavy atom. The predicted octanol–water partition coefficient (Wildman–Crippen LogP) is 2.19. The van der Waals surface area contributed by atoms with Gasteiger partial charge in [0.1, 0.15) is 17.8 Å². The molecule has 1 aliphatic heterocycles. The molecule has 0 saturated carbocycles. The largest absolute Gasteiger partial charge is 0.467 e. The third-order valence-electron chi connectivity index (χ3n) is 6.22. The molecule has 1 aliphatic rings. The zero-order chi connectivity index (χ0) is 25.5. The molecule has 0 radical (unpaired) electrons. The van der Waals surface area contributed by atoms with Gasteiger partial charge in [0.25, 0.3) is 0 Å². The number of fused-ring (bicyclic) bond motifs is 1. The lowest BCUT2D eigenvalue weighted by Gasteiger charge is -2.38. The van der Waals surface area contributed by atoms with E-state index in [-0.39, 0.29) is 30.8 Å². The molecule has 35 heavy (non-hydrogen) atoms. The molecule has 0 saturated heterocycles. The van der Waals surface area contributed by atoms with Crippen molar-refractivity contribution in [3.05, 3.63) is 47.9 Å². The maximum Gasteiger partial charge on any atom is 0.250 e. The highest BCUT2D eigenvalue weighted by Crippen LogP contribution is 2.38. The van der Waals surface area contributed by atoms with Gasteiger partial charge in [-0.1, -0.05) is 26.0 Å². The number of para-hydroxylation sites is 1. The Kier molecular flexibility index (Phi) is 8.92. The first-order valence-electron chi connectivity index (χ1n) is 12.3. The first-order chi connectivity index (χ1) is 16.8. The molecule has 1 unspecified atom stereocenters. The van der Waals surface area contributed by atoms with Crippen LogP contribution in [0.4, 0.5) is 11.4 Å². The average Bonchev–Trinajstić information content (AvgIpc) is 3.35. The van der Waals surface area contributed by atoms with E-state index in [9.17, 15) is 14.4 Å². The van der Waals surface area contributed by atoms with Crippen LogP contribution in [0.1, 0.15) is 45.4 Å². The van der Waals surface area contributed by atoms with Crippen molar-refractivity contribution in [2.24, 2.45) is 11.7 Å². The van der Waals surface area contributed by atoms with Gasteiger partial charge in [-0.2, -0.15) is 0 Å². The molecule has 1 aromatic carbocycles. The number of hydrogen-bond donors (Lipinski definition) is 3. The summed E-state index contributed by atoms with van der Waals surface area (Å²) in [6, 6.07) is 8.09. The molecule has 190 valence electrons. The second kappa shape index (κ2) is 11.9. The van der Waals surface area contributed by atoms with E-state index >= 15 is 0 Å². The van der Waals surface area contributed by atoms with Crippen LogP contribution in [0.3, 0.4) is 0 Å². The van der Waals surface area contributed by atoms with E-state index in [4.69, 9.17) is 10.2 Å². The summed E-state index contributed by atoms with van der Waals surface area (Å²) in [5.74, 6) is -0.193. The molecule has 2 aromatic rings. The van der Waals surface area contributed by atoms with Crippen LogP contribution in [-0.4, -0.2) is 49.4 Å². The minimum Gasteiger partial charge on any atom is -0.467 e. The van der Waals surface area contributed by atoms with E-state index in [1.165, 1.54) is 0 Å². The highest BCUT2D eigenvalue weighted by Gasteiger charge is 2.37. The quantitative estimate of drug-likeness (QED) is 0.451.